The summed E-state index contributed by atoms with van der Waals surface area (Å²) in [5.74, 6) is -0.396. The van der Waals surface area contributed by atoms with Crippen LogP contribution in [-0.4, -0.2) is 43.3 Å². The number of likely N-dealkylation sites (N-methyl/N-ethyl adjacent to an activating group) is 1. The first-order valence-corrected chi connectivity index (χ1v) is 8.16. The lowest BCUT2D eigenvalue weighted by Crippen LogP contribution is -2.47. The molecule has 0 saturated carbocycles. The quantitative estimate of drug-likeness (QED) is 0.504. The number of hydrogen-bond donors (Lipinski definition) is 0. The molecule has 1 atom stereocenters. The van der Waals surface area contributed by atoms with Gasteiger partial charge in [-0.1, -0.05) is 54.4 Å². The van der Waals surface area contributed by atoms with Crippen LogP contribution in [0.4, 0.5) is 4.79 Å². The average Bonchev–Trinajstić information content (AvgIpc) is 2.39. The predicted octanol–water partition coefficient (Wildman–Crippen LogP) is 3.86. The Labute approximate surface area is 135 Å². The average molecular weight is 315 g/mol. The first-order valence-electron chi connectivity index (χ1n) is 8.16. The van der Waals surface area contributed by atoms with Gasteiger partial charge in [0.25, 0.3) is 0 Å². The second-order valence-electron chi connectivity index (χ2n) is 7.29. The van der Waals surface area contributed by atoms with Crippen LogP contribution in [-0.2, 0) is 14.3 Å². The van der Waals surface area contributed by atoms with Crippen molar-refractivity contribution in [2.75, 3.05) is 20.3 Å². The lowest BCUT2D eigenvalue weighted by Gasteiger charge is -2.29. The van der Waals surface area contributed by atoms with Gasteiger partial charge in [0, 0.05) is 7.05 Å². The van der Waals surface area contributed by atoms with Crippen molar-refractivity contribution in [3.8, 4) is 0 Å². The Morgan fingerprint density at radius 2 is 1.68 bits per heavy atom. The first-order chi connectivity index (χ1) is 10.1. The number of unbranched alkanes of at least 4 members (excludes halogenated alkanes) is 2. The van der Waals surface area contributed by atoms with Crippen molar-refractivity contribution in [3.05, 3.63) is 0 Å². The maximum Gasteiger partial charge on any atom is 0.410 e. The summed E-state index contributed by atoms with van der Waals surface area (Å²) in [7, 11) is 1.59. The highest BCUT2D eigenvalue weighted by molar-refractivity contribution is 5.81. The standard InChI is InChI=1S/C17H33NO4/c1-8-9-10-11-21-15(19)14(13(2)3)18(7)16(20)22-12-17(4,5)6/h13-14H,8-12H2,1-7H3. The summed E-state index contributed by atoms with van der Waals surface area (Å²) >= 11 is 0. The smallest absolute Gasteiger partial charge is 0.410 e. The van der Waals surface area contributed by atoms with Gasteiger partial charge in [0.05, 0.1) is 13.2 Å². The first kappa shape index (κ1) is 20.7. The van der Waals surface area contributed by atoms with Crippen molar-refractivity contribution in [2.24, 2.45) is 11.3 Å². The second-order valence-corrected chi connectivity index (χ2v) is 7.29. The Kier molecular flexibility index (Phi) is 9.14. The van der Waals surface area contributed by atoms with E-state index < -0.39 is 12.1 Å². The van der Waals surface area contributed by atoms with Gasteiger partial charge in [-0.3, -0.25) is 4.90 Å². The summed E-state index contributed by atoms with van der Waals surface area (Å²) in [6.07, 6.45) is 2.47. The normalized spacial score (nSPS) is 12.9. The Balaban J connectivity index is 4.58. The van der Waals surface area contributed by atoms with Crippen LogP contribution in [0.1, 0.15) is 60.8 Å². The summed E-state index contributed by atoms with van der Waals surface area (Å²) in [5, 5.41) is 0. The molecule has 22 heavy (non-hydrogen) atoms. The van der Waals surface area contributed by atoms with E-state index in [1.165, 1.54) is 4.90 Å². The molecule has 0 fully saturated rings. The zero-order valence-electron chi connectivity index (χ0n) is 15.3. The molecule has 0 saturated heterocycles. The van der Waals surface area contributed by atoms with Gasteiger partial charge in [-0.2, -0.15) is 0 Å². The molecule has 0 aliphatic rings. The molecule has 1 unspecified atom stereocenters. The number of hydrogen-bond acceptors (Lipinski definition) is 4. The van der Waals surface area contributed by atoms with E-state index in [9.17, 15) is 9.59 Å². The third kappa shape index (κ3) is 8.25. The number of amides is 1. The van der Waals surface area contributed by atoms with E-state index in [2.05, 4.69) is 6.92 Å². The van der Waals surface area contributed by atoms with Crippen molar-refractivity contribution in [1.82, 2.24) is 4.90 Å². The number of rotatable bonds is 8. The minimum Gasteiger partial charge on any atom is -0.464 e. The third-order valence-electron chi connectivity index (χ3n) is 3.20. The van der Waals surface area contributed by atoms with Gasteiger partial charge in [0.2, 0.25) is 0 Å². The minimum absolute atomic E-state index is 0.0362. The van der Waals surface area contributed by atoms with Crippen molar-refractivity contribution in [3.63, 3.8) is 0 Å². The fourth-order valence-electron chi connectivity index (χ4n) is 1.98. The van der Waals surface area contributed by atoms with Gasteiger partial charge in [-0.25, -0.2) is 9.59 Å². The molecule has 5 heteroatoms. The number of carbonyl (C=O) groups excluding carboxylic acids is 2. The zero-order chi connectivity index (χ0) is 17.3. The van der Waals surface area contributed by atoms with Gasteiger partial charge in [-0.05, 0) is 17.8 Å². The molecule has 0 spiro atoms. The minimum atomic E-state index is -0.617. The van der Waals surface area contributed by atoms with Crippen LogP contribution in [0, 0.1) is 11.3 Å². The molecule has 0 aliphatic carbocycles. The Morgan fingerprint density at radius 3 is 2.14 bits per heavy atom. The number of ether oxygens (including phenoxy) is 2. The maximum atomic E-state index is 12.2. The predicted molar refractivity (Wildman–Crippen MR) is 87.7 cm³/mol. The fraction of sp³-hybridized carbons (Fsp3) is 0.882. The largest absolute Gasteiger partial charge is 0.464 e. The fourth-order valence-corrected chi connectivity index (χ4v) is 1.98. The Hall–Kier alpha value is -1.26. The maximum absolute atomic E-state index is 12.2. The van der Waals surface area contributed by atoms with Crippen LogP contribution in [0.2, 0.25) is 0 Å². The van der Waals surface area contributed by atoms with Crippen molar-refractivity contribution < 1.29 is 19.1 Å². The molecule has 5 nitrogen and oxygen atoms in total. The van der Waals surface area contributed by atoms with Crippen LogP contribution >= 0.6 is 0 Å². The molecule has 0 radical (unpaired) electrons. The lowest BCUT2D eigenvalue weighted by molar-refractivity contribution is -0.150. The summed E-state index contributed by atoms with van der Waals surface area (Å²) in [4.78, 5) is 25.7. The molecule has 1 amide bonds. The van der Waals surface area contributed by atoms with Gasteiger partial charge < -0.3 is 9.47 Å². The number of nitrogens with zero attached hydrogens (tertiary/aromatic N) is 1. The van der Waals surface area contributed by atoms with E-state index in [0.29, 0.717) is 13.2 Å². The molecule has 0 aromatic rings. The van der Waals surface area contributed by atoms with Gasteiger partial charge >= 0.3 is 12.1 Å². The van der Waals surface area contributed by atoms with Crippen molar-refractivity contribution >= 4 is 12.1 Å². The van der Waals surface area contributed by atoms with Gasteiger partial charge in [0.15, 0.2) is 0 Å². The van der Waals surface area contributed by atoms with Crippen molar-refractivity contribution in [2.45, 2.75) is 66.8 Å². The van der Waals surface area contributed by atoms with E-state index in [0.717, 1.165) is 19.3 Å². The number of carbonyl (C=O) groups is 2. The monoisotopic (exact) mass is 315 g/mol. The van der Waals surface area contributed by atoms with Crippen LogP contribution in [0.5, 0.6) is 0 Å². The molecule has 0 aromatic carbocycles. The van der Waals surface area contributed by atoms with Crippen LogP contribution < -0.4 is 0 Å². The SMILES string of the molecule is CCCCCOC(=O)C(C(C)C)N(C)C(=O)OCC(C)(C)C. The zero-order valence-corrected chi connectivity index (χ0v) is 15.3. The molecule has 130 valence electrons. The van der Waals surface area contributed by atoms with Gasteiger partial charge in [0.1, 0.15) is 6.04 Å². The second kappa shape index (κ2) is 9.70. The van der Waals surface area contributed by atoms with Crippen LogP contribution in [0.25, 0.3) is 0 Å². The van der Waals surface area contributed by atoms with E-state index in [1.807, 2.05) is 34.6 Å². The summed E-state index contributed by atoms with van der Waals surface area (Å²) in [6, 6.07) is -0.617. The molecule has 0 bridgehead atoms. The molecular weight excluding hydrogens is 282 g/mol. The highest BCUT2D eigenvalue weighted by Gasteiger charge is 2.32. The summed E-state index contributed by atoms with van der Waals surface area (Å²) in [5.41, 5.74) is -0.107. The molecule has 0 N–H and O–H groups in total. The van der Waals surface area contributed by atoms with E-state index >= 15 is 0 Å². The lowest BCUT2D eigenvalue weighted by atomic mass is 9.99. The highest BCUT2D eigenvalue weighted by atomic mass is 16.6. The van der Waals surface area contributed by atoms with Crippen LogP contribution in [0.3, 0.4) is 0 Å². The van der Waals surface area contributed by atoms with Gasteiger partial charge in [-0.15, -0.1) is 0 Å². The van der Waals surface area contributed by atoms with Crippen LogP contribution in [0.15, 0.2) is 0 Å². The molecule has 0 heterocycles. The van der Waals surface area contributed by atoms with E-state index in [-0.39, 0.29) is 17.3 Å². The highest BCUT2D eigenvalue weighted by Crippen LogP contribution is 2.16. The van der Waals surface area contributed by atoms with Crippen molar-refractivity contribution in [1.29, 1.82) is 0 Å². The Morgan fingerprint density at radius 1 is 1.09 bits per heavy atom. The third-order valence-corrected chi connectivity index (χ3v) is 3.20. The molecule has 0 rings (SSSR count). The molecular formula is C17H33NO4. The van der Waals surface area contributed by atoms with E-state index in [1.54, 1.807) is 7.05 Å². The molecule has 0 aliphatic heterocycles. The molecule has 0 aromatic heterocycles. The number of esters is 1. The Bertz CT molecular complexity index is 347. The summed E-state index contributed by atoms with van der Waals surface area (Å²) in [6.45, 7) is 12.6. The topological polar surface area (TPSA) is 55.8 Å². The summed E-state index contributed by atoms with van der Waals surface area (Å²) < 4.78 is 10.6. The van der Waals surface area contributed by atoms with E-state index in [4.69, 9.17) is 9.47 Å².